The van der Waals surface area contributed by atoms with E-state index in [-0.39, 0.29) is 0 Å². The van der Waals surface area contributed by atoms with Crippen LogP contribution >= 0.6 is 0 Å². The molecule has 5 heteroatoms. The van der Waals surface area contributed by atoms with Crippen LogP contribution in [-0.2, 0) is 6.42 Å². The van der Waals surface area contributed by atoms with Crippen LogP contribution in [0.3, 0.4) is 0 Å². The molecule has 0 amide bonds. The maximum absolute atomic E-state index is 4.63. The molecule has 2 aromatic heterocycles. The van der Waals surface area contributed by atoms with E-state index in [1.165, 1.54) is 5.56 Å². The summed E-state index contributed by atoms with van der Waals surface area (Å²) in [5.74, 6) is 2.20. The van der Waals surface area contributed by atoms with Crippen LogP contribution in [0, 0.1) is 12.8 Å². The smallest absolute Gasteiger partial charge is 0.181 e. The highest BCUT2D eigenvalue weighted by Crippen LogP contribution is 2.29. The molecular weight excluding hydrogens is 310 g/mol. The zero-order chi connectivity index (χ0) is 17.4. The number of fused-ring (bicyclic) bond motifs is 1. The van der Waals surface area contributed by atoms with Crippen LogP contribution in [0.25, 0.3) is 33.5 Å². The minimum atomic E-state index is 0.546. The molecule has 0 aliphatic rings. The van der Waals surface area contributed by atoms with Crippen molar-refractivity contribution in [3.63, 3.8) is 0 Å². The molecule has 2 heterocycles. The lowest BCUT2D eigenvalue weighted by molar-refractivity contribution is 0.622. The van der Waals surface area contributed by atoms with Gasteiger partial charge in [-0.1, -0.05) is 37.6 Å². The summed E-state index contributed by atoms with van der Waals surface area (Å²) < 4.78 is 0. The number of aromatic nitrogens is 5. The van der Waals surface area contributed by atoms with Crippen LogP contribution in [0.2, 0.25) is 0 Å². The van der Waals surface area contributed by atoms with E-state index in [0.29, 0.717) is 5.92 Å². The van der Waals surface area contributed by atoms with Crippen LogP contribution in [0.15, 0.2) is 42.5 Å². The second-order valence-corrected chi connectivity index (χ2v) is 6.91. The third kappa shape index (κ3) is 3.05. The molecule has 2 aromatic carbocycles. The lowest BCUT2D eigenvalue weighted by Gasteiger charge is -2.01. The monoisotopic (exact) mass is 331 g/mol. The third-order valence-corrected chi connectivity index (χ3v) is 4.25. The number of nitrogens with zero attached hydrogens (tertiary/aromatic N) is 3. The fourth-order valence-electron chi connectivity index (χ4n) is 3.07. The van der Waals surface area contributed by atoms with Gasteiger partial charge in [-0.15, -0.1) is 0 Å². The average molecular weight is 331 g/mol. The van der Waals surface area contributed by atoms with E-state index < -0.39 is 0 Å². The lowest BCUT2D eigenvalue weighted by atomic mass is 10.0. The van der Waals surface area contributed by atoms with Crippen molar-refractivity contribution in [1.29, 1.82) is 0 Å². The second kappa shape index (κ2) is 6.16. The quantitative estimate of drug-likeness (QED) is 0.577. The number of nitrogens with one attached hydrogen (secondary N) is 2. The van der Waals surface area contributed by atoms with Crippen molar-refractivity contribution < 1.29 is 0 Å². The maximum atomic E-state index is 4.63. The van der Waals surface area contributed by atoms with Crippen molar-refractivity contribution in [1.82, 2.24) is 25.4 Å². The van der Waals surface area contributed by atoms with E-state index in [1.54, 1.807) is 0 Å². The van der Waals surface area contributed by atoms with Crippen molar-refractivity contribution in [2.45, 2.75) is 27.2 Å². The van der Waals surface area contributed by atoms with Crippen molar-refractivity contribution in [2.75, 3.05) is 0 Å². The Bertz CT molecular complexity index is 1030. The normalized spacial score (nSPS) is 11.5. The van der Waals surface area contributed by atoms with E-state index in [2.05, 4.69) is 76.5 Å². The second-order valence-electron chi connectivity index (χ2n) is 6.91. The molecule has 0 fully saturated rings. The number of aromatic amines is 2. The molecule has 25 heavy (non-hydrogen) atoms. The number of hydrogen-bond donors (Lipinski definition) is 2. The van der Waals surface area contributed by atoms with Gasteiger partial charge in [-0.25, -0.2) is 4.98 Å². The highest BCUT2D eigenvalue weighted by atomic mass is 15.2. The summed E-state index contributed by atoms with van der Waals surface area (Å²) in [5.41, 5.74) is 5.29. The summed E-state index contributed by atoms with van der Waals surface area (Å²) in [6.07, 6.45) is 0.898. The van der Waals surface area contributed by atoms with Crippen LogP contribution in [0.4, 0.5) is 0 Å². The summed E-state index contributed by atoms with van der Waals surface area (Å²) in [6.45, 7) is 6.44. The Morgan fingerprint density at radius 3 is 2.64 bits per heavy atom. The van der Waals surface area contributed by atoms with Crippen molar-refractivity contribution in [2.24, 2.45) is 5.92 Å². The van der Waals surface area contributed by atoms with E-state index >= 15 is 0 Å². The minimum absolute atomic E-state index is 0.546. The fraction of sp³-hybridized carbons (Fsp3) is 0.250. The Morgan fingerprint density at radius 1 is 0.960 bits per heavy atom. The van der Waals surface area contributed by atoms with Crippen LogP contribution in [-0.4, -0.2) is 25.4 Å². The van der Waals surface area contributed by atoms with Gasteiger partial charge < -0.3 is 0 Å². The van der Waals surface area contributed by atoms with Gasteiger partial charge in [-0.2, -0.15) is 10.2 Å². The van der Waals surface area contributed by atoms with Gasteiger partial charge in [-0.05, 0) is 37.1 Å². The van der Waals surface area contributed by atoms with Gasteiger partial charge in [0.15, 0.2) is 5.82 Å². The molecule has 126 valence electrons. The first-order valence-electron chi connectivity index (χ1n) is 8.57. The minimum Gasteiger partial charge on any atom is -0.277 e. The summed E-state index contributed by atoms with van der Waals surface area (Å²) in [6, 6.07) is 14.6. The molecule has 5 nitrogen and oxygen atoms in total. The summed E-state index contributed by atoms with van der Waals surface area (Å²) >= 11 is 0. The molecule has 0 radical (unpaired) electrons. The van der Waals surface area contributed by atoms with Crippen molar-refractivity contribution in [3.8, 4) is 22.6 Å². The molecule has 0 atom stereocenters. The first-order valence-corrected chi connectivity index (χ1v) is 8.57. The summed E-state index contributed by atoms with van der Waals surface area (Å²) in [4.78, 5) is 4.63. The lowest BCUT2D eigenvalue weighted by Crippen LogP contribution is -1.95. The van der Waals surface area contributed by atoms with Gasteiger partial charge in [0.25, 0.3) is 0 Å². The van der Waals surface area contributed by atoms with E-state index in [0.717, 1.165) is 45.8 Å². The van der Waals surface area contributed by atoms with E-state index in [4.69, 9.17) is 0 Å². The number of rotatable bonds is 4. The zero-order valence-electron chi connectivity index (χ0n) is 14.7. The largest absolute Gasteiger partial charge is 0.277 e. The predicted molar refractivity (Wildman–Crippen MR) is 100 cm³/mol. The van der Waals surface area contributed by atoms with Crippen LogP contribution in [0.1, 0.15) is 25.2 Å². The number of benzene rings is 2. The Balaban J connectivity index is 1.77. The first-order chi connectivity index (χ1) is 12.1. The number of hydrogen-bond acceptors (Lipinski definition) is 3. The van der Waals surface area contributed by atoms with Gasteiger partial charge in [0.2, 0.25) is 0 Å². The molecule has 4 aromatic rings. The highest BCUT2D eigenvalue weighted by Gasteiger charge is 2.12. The predicted octanol–water partition coefficient (Wildman–Crippen LogP) is 4.52. The fourth-order valence-corrected chi connectivity index (χ4v) is 3.07. The number of H-pyrrole nitrogens is 2. The van der Waals surface area contributed by atoms with Crippen molar-refractivity contribution in [3.05, 3.63) is 53.9 Å². The van der Waals surface area contributed by atoms with E-state index in [1.807, 2.05) is 12.1 Å². The van der Waals surface area contributed by atoms with Crippen LogP contribution < -0.4 is 0 Å². The summed E-state index contributed by atoms with van der Waals surface area (Å²) in [7, 11) is 0. The average Bonchev–Trinajstić information content (AvgIpc) is 3.20. The Hall–Kier alpha value is -2.95. The molecule has 2 N–H and O–H groups in total. The van der Waals surface area contributed by atoms with Crippen LogP contribution in [0.5, 0.6) is 0 Å². The van der Waals surface area contributed by atoms with E-state index in [9.17, 15) is 0 Å². The molecule has 0 saturated heterocycles. The Labute approximate surface area is 146 Å². The van der Waals surface area contributed by atoms with Crippen molar-refractivity contribution >= 4 is 10.9 Å². The number of aryl methyl sites for hydroxylation is 1. The van der Waals surface area contributed by atoms with Gasteiger partial charge in [0, 0.05) is 22.9 Å². The zero-order valence-corrected chi connectivity index (χ0v) is 14.7. The molecular formula is C20H21N5. The molecule has 0 saturated carbocycles. The molecule has 0 spiro atoms. The topological polar surface area (TPSA) is 70.2 Å². The highest BCUT2D eigenvalue weighted by molar-refractivity contribution is 5.95. The third-order valence-electron chi connectivity index (χ3n) is 4.25. The first kappa shape index (κ1) is 15.6. The Kier molecular flexibility index (Phi) is 3.84. The molecule has 0 aliphatic carbocycles. The summed E-state index contributed by atoms with van der Waals surface area (Å²) in [5, 5.41) is 16.1. The maximum Gasteiger partial charge on any atom is 0.181 e. The molecule has 0 aliphatic heterocycles. The van der Waals surface area contributed by atoms with Gasteiger partial charge >= 0.3 is 0 Å². The molecule has 0 unspecified atom stereocenters. The Morgan fingerprint density at radius 2 is 1.84 bits per heavy atom. The molecule has 0 bridgehead atoms. The standard InChI is InChI=1S/C20H21N5/c1-12(2)9-18-21-20(25-23-18)15-7-8-17-16(11-15)19(24-22-17)14-6-4-5-13(3)10-14/h4-8,10-12H,9H2,1-3H3,(H,22,24)(H,21,23,25). The van der Waals surface area contributed by atoms with Gasteiger partial charge in [0.05, 0.1) is 11.2 Å². The van der Waals surface area contributed by atoms with Gasteiger partial charge in [-0.3, -0.25) is 10.2 Å². The van der Waals surface area contributed by atoms with Gasteiger partial charge in [0.1, 0.15) is 5.82 Å². The molecule has 4 rings (SSSR count). The SMILES string of the molecule is Cc1cccc(-c2n[nH]c3ccc(-c4n[nH]c(CC(C)C)n4)cc23)c1.